The summed E-state index contributed by atoms with van der Waals surface area (Å²) in [7, 11) is 0. The molecule has 1 amide bonds. The second-order valence-electron chi connectivity index (χ2n) is 4.54. The highest BCUT2D eigenvalue weighted by Crippen LogP contribution is 2.21. The Morgan fingerprint density at radius 3 is 2.65 bits per heavy atom. The van der Waals surface area contributed by atoms with Gasteiger partial charge in [0.25, 0.3) is 5.91 Å². The van der Waals surface area contributed by atoms with Crippen molar-refractivity contribution in [3.8, 4) is 5.69 Å². The van der Waals surface area contributed by atoms with E-state index in [1.165, 1.54) is 22.3 Å². The first kappa shape index (κ1) is 15.3. The van der Waals surface area contributed by atoms with E-state index in [1.807, 2.05) is 13.0 Å². The molecule has 9 heteroatoms. The van der Waals surface area contributed by atoms with Crippen LogP contribution >= 0.6 is 22.9 Å². The van der Waals surface area contributed by atoms with Crippen molar-refractivity contribution >= 4 is 34.6 Å². The Hall–Kier alpha value is -2.58. The van der Waals surface area contributed by atoms with Gasteiger partial charge in [-0.15, -0.1) is 16.4 Å². The molecular weight excluding hydrogens is 336 g/mol. The molecule has 0 bridgehead atoms. The number of amides is 1. The molecule has 7 nitrogen and oxygen atoms in total. The average molecular weight is 347 g/mol. The minimum absolute atomic E-state index is 0.296. The number of carbonyl (C=O) groups excluding carboxylic acids is 1. The minimum atomic E-state index is -0.296. The Balaban J connectivity index is 1.68. The van der Waals surface area contributed by atoms with Gasteiger partial charge in [0.05, 0.1) is 20.6 Å². The third-order valence-electron chi connectivity index (χ3n) is 3.00. The number of hydrogen-bond donors (Lipinski definition) is 1. The monoisotopic (exact) mass is 346 g/mol. The van der Waals surface area contributed by atoms with Crippen LogP contribution in [0, 0.1) is 0 Å². The van der Waals surface area contributed by atoms with Crippen LogP contribution in [0.1, 0.15) is 22.2 Å². The molecule has 116 valence electrons. The summed E-state index contributed by atoms with van der Waals surface area (Å²) in [6.45, 7) is 1.81. The first-order valence-corrected chi connectivity index (χ1v) is 7.77. The van der Waals surface area contributed by atoms with Crippen LogP contribution in [-0.2, 0) is 0 Å². The molecule has 0 saturated heterocycles. The molecule has 0 fully saturated rings. The predicted molar refractivity (Wildman–Crippen MR) is 88.2 cm³/mol. The lowest BCUT2D eigenvalue weighted by Crippen LogP contribution is -2.19. The minimum Gasteiger partial charge on any atom is -0.267 e. The van der Waals surface area contributed by atoms with Crippen LogP contribution in [0.2, 0.25) is 4.34 Å². The van der Waals surface area contributed by atoms with Crippen LogP contribution in [0.25, 0.3) is 5.69 Å². The highest BCUT2D eigenvalue weighted by molar-refractivity contribution is 7.18. The van der Waals surface area contributed by atoms with Gasteiger partial charge in [-0.1, -0.05) is 11.6 Å². The van der Waals surface area contributed by atoms with Gasteiger partial charge < -0.3 is 0 Å². The SMILES string of the molecule is C/C(=N\NC(=O)c1ccc(-n2cnnn2)cc1)c1ccc(Cl)s1. The van der Waals surface area contributed by atoms with Gasteiger partial charge in [-0.3, -0.25) is 4.79 Å². The fraction of sp³-hybridized carbons (Fsp3) is 0.0714. The van der Waals surface area contributed by atoms with E-state index in [1.54, 1.807) is 30.3 Å². The number of hydrogen-bond acceptors (Lipinski definition) is 6. The summed E-state index contributed by atoms with van der Waals surface area (Å²) < 4.78 is 2.18. The fourth-order valence-corrected chi connectivity index (χ4v) is 2.80. The number of nitrogens with one attached hydrogen (secondary N) is 1. The summed E-state index contributed by atoms with van der Waals surface area (Å²) in [5.41, 5.74) is 4.47. The molecule has 23 heavy (non-hydrogen) atoms. The molecule has 0 radical (unpaired) electrons. The Bertz CT molecular complexity index is 841. The van der Waals surface area contributed by atoms with E-state index >= 15 is 0 Å². The maximum Gasteiger partial charge on any atom is 0.271 e. The van der Waals surface area contributed by atoms with Crippen molar-refractivity contribution in [2.45, 2.75) is 6.92 Å². The van der Waals surface area contributed by atoms with Gasteiger partial charge in [0.2, 0.25) is 0 Å². The summed E-state index contributed by atoms with van der Waals surface area (Å²) in [4.78, 5) is 13.0. The summed E-state index contributed by atoms with van der Waals surface area (Å²) in [5, 5.41) is 15.0. The lowest BCUT2D eigenvalue weighted by molar-refractivity contribution is 0.0955. The smallest absolute Gasteiger partial charge is 0.267 e. The number of benzene rings is 1. The van der Waals surface area contributed by atoms with Crippen LogP contribution in [0.4, 0.5) is 0 Å². The molecule has 1 N–H and O–H groups in total. The first-order valence-electron chi connectivity index (χ1n) is 6.57. The molecule has 1 aromatic carbocycles. The lowest BCUT2D eigenvalue weighted by Gasteiger charge is -2.03. The molecule has 2 heterocycles. The summed E-state index contributed by atoms with van der Waals surface area (Å²) in [6.07, 6.45) is 1.48. The number of carbonyl (C=O) groups is 1. The molecule has 0 unspecified atom stereocenters. The number of tetrazole rings is 1. The molecule has 2 aromatic heterocycles. The second-order valence-corrected chi connectivity index (χ2v) is 6.26. The standard InChI is InChI=1S/C14H11ClN6OS/c1-9(12-6-7-13(15)23-12)17-18-14(22)10-2-4-11(5-3-10)21-8-16-19-20-21/h2-8H,1H3,(H,18,22)/b17-9+. The van der Waals surface area contributed by atoms with Gasteiger partial charge in [-0.05, 0) is 53.7 Å². The van der Waals surface area contributed by atoms with E-state index in [4.69, 9.17) is 11.6 Å². The van der Waals surface area contributed by atoms with Crippen molar-refractivity contribution in [1.82, 2.24) is 25.6 Å². The molecule has 3 rings (SSSR count). The number of halogens is 1. The Kier molecular flexibility index (Phi) is 4.45. The predicted octanol–water partition coefficient (Wildman–Crippen LogP) is 2.53. The molecule has 0 aliphatic heterocycles. The van der Waals surface area contributed by atoms with Crippen molar-refractivity contribution in [3.63, 3.8) is 0 Å². The number of rotatable bonds is 4. The van der Waals surface area contributed by atoms with Crippen LogP contribution in [0.3, 0.4) is 0 Å². The van der Waals surface area contributed by atoms with Crippen LogP contribution < -0.4 is 5.43 Å². The number of thiophene rings is 1. The van der Waals surface area contributed by atoms with Gasteiger partial charge >= 0.3 is 0 Å². The second kappa shape index (κ2) is 6.67. The Labute approximate surface area is 140 Å². The summed E-state index contributed by atoms with van der Waals surface area (Å²) in [5.74, 6) is -0.296. The van der Waals surface area contributed by atoms with E-state index < -0.39 is 0 Å². The zero-order valence-electron chi connectivity index (χ0n) is 12.0. The Morgan fingerprint density at radius 1 is 1.26 bits per heavy atom. The average Bonchev–Trinajstić information content (AvgIpc) is 3.24. The molecule has 3 aromatic rings. The zero-order chi connectivity index (χ0) is 16.2. The van der Waals surface area contributed by atoms with Gasteiger partial charge in [0.15, 0.2) is 0 Å². The summed E-state index contributed by atoms with van der Waals surface area (Å²) in [6, 6.07) is 10.5. The van der Waals surface area contributed by atoms with E-state index in [2.05, 4.69) is 26.1 Å². The lowest BCUT2D eigenvalue weighted by atomic mass is 10.2. The Morgan fingerprint density at radius 2 is 2.04 bits per heavy atom. The van der Waals surface area contributed by atoms with Crippen molar-refractivity contribution < 1.29 is 4.79 Å². The van der Waals surface area contributed by atoms with Crippen molar-refractivity contribution in [2.24, 2.45) is 5.10 Å². The van der Waals surface area contributed by atoms with Gasteiger partial charge in [0, 0.05) is 5.56 Å². The maximum atomic E-state index is 12.1. The van der Waals surface area contributed by atoms with Gasteiger partial charge in [-0.2, -0.15) is 5.10 Å². The van der Waals surface area contributed by atoms with Gasteiger partial charge in [-0.25, -0.2) is 10.1 Å². The number of nitrogens with zero attached hydrogens (tertiary/aromatic N) is 5. The fourth-order valence-electron chi connectivity index (χ4n) is 1.81. The molecule has 0 aliphatic carbocycles. The topological polar surface area (TPSA) is 85.1 Å². The van der Waals surface area contributed by atoms with E-state index in [0.717, 1.165) is 10.6 Å². The number of hydrazone groups is 1. The molecule has 0 spiro atoms. The molecular formula is C14H11ClN6OS. The maximum absolute atomic E-state index is 12.1. The van der Waals surface area contributed by atoms with Crippen LogP contribution in [0.15, 0.2) is 47.8 Å². The van der Waals surface area contributed by atoms with Crippen LogP contribution in [0.5, 0.6) is 0 Å². The van der Waals surface area contributed by atoms with Crippen LogP contribution in [-0.4, -0.2) is 31.8 Å². The third-order valence-corrected chi connectivity index (χ3v) is 4.34. The van der Waals surface area contributed by atoms with Crippen molar-refractivity contribution in [2.75, 3.05) is 0 Å². The first-order chi connectivity index (χ1) is 11.1. The largest absolute Gasteiger partial charge is 0.271 e. The van der Waals surface area contributed by atoms with E-state index in [0.29, 0.717) is 15.6 Å². The normalized spacial score (nSPS) is 11.5. The van der Waals surface area contributed by atoms with Gasteiger partial charge in [0.1, 0.15) is 6.33 Å². The summed E-state index contributed by atoms with van der Waals surface area (Å²) >= 11 is 7.29. The van der Waals surface area contributed by atoms with E-state index in [-0.39, 0.29) is 5.91 Å². The number of aromatic nitrogens is 4. The van der Waals surface area contributed by atoms with E-state index in [9.17, 15) is 4.79 Å². The molecule has 0 aliphatic rings. The molecule has 0 saturated carbocycles. The van der Waals surface area contributed by atoms with Crippen molar-refractivity contribution in [3.05, 3.63) is 57.5 Å². The highest BCUT2D eigenvalue weighted by Gasteiger charge is 2.07. The quantitative estimate of drug-likeness (QED) is 0.581. The third kappa shape index (κ3) is 3.61. The highest BCUT2D eigenvalue weighted by atomic mass is 35.5. The molecule has 0 atom stereocenters. The zero-order valence-corrected chi connectivity index (χ0v) is 13.5. The van der Waals surface area contributed by atoms with Crippen molar-refractivity contribution in [1.29, 1.82) is 0 Å².